The molecule has 1 fully saturated rings. The van der Waals surface area contributed by atoms with E-state index in [4.69, 9.17) is 0 Å². The topological polar surface area (TPSA) is 70.2 Å². The van der Waals surface area contributed by atoms with Gasteiger partial charge in [-0.05, 0) is 32.6 Å². The molecule has 0 unspecified atom stereocenters. The smallest absolute Gasteiger partial charge is 0.367 e. The standard InChI is InChI=1S/C15H22F3N5O/c1-9-19-12(8-13(20-9)23(2)3)21-10-4-6-11(7-5-10)22-14(24)15(16,17)18/h8,10-11H,4-7H2,1-3H3,(H,22,24)(H,19,20,21). The fourth-order valence-electron chi connectivity index (χ4n) is 2.71. The zero-order chi connectivity index (χ0) is 17.9. The van der Waals surface area contributed by atoms with Gasteiger partial charge in [-0.2, -0.15) is 13.2 Å². The quantitative estimate of drug-likeness (QED) is 0.876. The van der Waals surface area contributed by atoms with Crippen LogP contribution in [0.25, 0.3) is 0 Å². The second-order valence-electron chi connectivity index (χ2n) is 6.22. The summed E-state index contributed by atoms with van der Waals surface area (Å²) in [6.45, 7) is 1.81. The molecule has 1 saturated carbocycles. The molecular weight excluding hydrogens is 323 g/mol. The molecule has 0 atom stereocenters. The van der Waals surface area contributed by atoms with Crippen LogP contribution in [0.15, 0.2) is 6.07 Å². The van der Waals surface area contributed by atoms with Crippen LogP contribution in [0.4, 0.5) is 24.8 Å². The fourth-order valence-corrected chi connectivity index (χ4v) is 2.71. The molecular formula is C15H22F3N5O. The van der Waals surface area contributed by atoms with Gasteiger partial charge in [0, 0.05) is 32.2 Å². The Balaban J connectivity index is 1.88. The number of aromatic nitrogens is 2. The Hall–Kier alpha value is -2.06. The van der Waals surface area contributed by atoms with Crippen LogP contribution >= 0.6 is 0 Å². The molecule has 0 spiro atoms. The summed E-state index contributed by atoms with van der Waals surface area (Å²) in [5, 5.41) is 5.36. The molecule has 1 amide bonds. The van der Waals surface area contributed by atoms with Gasteiger partial charge in [-0.3, -0.25) is 4.79 Å². The van der Waals surface area contributed by atoms with Crippen LogP contribution in [-0.2, 0) is 4.79 Å². The van der Waals surface area contributed by atoms with E-state index < -0.39 is 18.1 Å². The monoisotopic (exact) mass is 345 g/mol. The Morgan fingerprint density at radius 3 is 2.29 bits per heavy atom. The highest BCUT2D eigenvalue weighted by Crippen LogP contribution is 2.24. The van der Waals surface area contributed by atoms with Crippen LogP contribution in [0.5, 0.6) is 0 Å². The lowest BCUT2D eigenvalue weighted by Gasteiger charge is -2.30. The number of aryl methyl sites for hydroxylation is 1. The molecule has 134 valence electrons. The van der Waals surface area contributed by atoms with E-state index >= 15 is 0 Å². The highest BCUT2D eigenvalue weighted by atomic mass is 19.4. The molecule has 2 rings (SSSR count). The van der Waals surface area contributed by atoms with Gasteiger partial charge in [-0.1, -0.05) is 0 Å². The minimum Gasteiger partial charge on any atom is -0.367 e. The molecule has 0 aromatic carbocycles. The molecule has 1 heterocycles. The van der Waals surface area contributed by atoms with Crippen molar-refractivity contribution < 1.29 is 18.0 Å². The van der Waals surface area contributed by atoms with Crippen LogP contribution in [0.3, 0.4) is 0 Å². The summed E-state index contributed by atoms with van der Waals surface area (Å²) in [6.07, 6.45) is -2.48. The first kappa shape index (κ1) is 18.3. The summed E-state index contributed by atoms with van der Waals surface area (Å²) < 4.78 is 36.8. The molecule has 2 N–H and O–H groups in total. The Kier molecular flexibility index (Phi) is 5.51. The highest BCUT2D eigenvalue weighted by molar-refractivity contribution is 5.81. The van der Waals surface area contributed by atoms with Crippen LogP contribution in [0.1, 0.15) is 31.5 Å². The molecule has 0 saturated heterocycles. The number of anilines is 2. The predicted molar refractivity (Wildman–Crippen MR) is 85.0 cm³/mol. The first-order valence-corrected chi connectivity index (χ1v) is 7.82. The summed E-state index contributed by atoms with van der Waals surface area (Å²) in [7, 11) is 3.78. The number of carbonyl (C=O) groups excluding carboxylic acids is 1. The van der Waals surface area contributed by atoms with E-state index in [-0.39, 0.29) is 6.04 Å². The third kappa shape index (κ3) is 4.97. The van der Waals surface area contributed by atoms with Crippen molar-refractivity contribution >= 4 is 17.5 Å². The molecule has 1 aromatic rings. The largest absolute Gasteiger partial charge is 0.471 e. The second kappa shape index (κ2) is 7.23. The van der Waals surface area contributed by atoms with Gasteiger partial charge in [0.1, 0.15) is 17.5 Å². The van der Waals surface area contributed by atoms with E-state index in [1.165, 1.54) is 0 Å². The molecule has 9 heteroatoms. The zero-order valence-electron chi connectivity index (χ0n) is 13.9. The molecule has 0 bridgehead atoms. The van der Waals surface area contributed by atoms with Crippen molar-refractivity contribution in [1.82, 2.24) is 15.3 Å². The summed E-state index contributed by atoms with van der Waals surface area (Å²) in [6, 6.07) is 1.53. The molecule has 0 aliphatic heterocycles. The zero-order valence-corrected chi connectivity index (χ0v) is 13.9. The van der Waals surface area contributed by atoms with Gasteiger partial charge in [-0.15, -0.1) is 0 Å². The number of amides is 1. The molecule has 1 aliphatic rings. The van der Waals surface area contributed by atoms with Crippen LogP contribution in [-0.4, -0.2) is 48.2 Å². The van der Waals surface area contributed by atoms with Gasteiger partial charge in [-0.25, -0.2) is 9.97 Å². The van der Waals surface area contributed by atoms with Crippen molar-refractivity contribution in [3.05, 3.63) is 11.9 Å². The summed E-state index contributed by atoms with van der Waals surface area (Å²) >= 11 is 0. The number of halogens is 3. The van der Waals surface area contributed by atoms with E-state index in [9.17, 15) is 18.0 Å². The lowest BCUT2D eigenvalue weighted by Crippen LogP contribution is -2.45. The van der Waals surface area contributed by atoms with Gasteiger partial charge < -0.3 is 15.5 Å². The third-order valence-corrected chi connectivity index (χ3v) is 3.95. The molecule has 6 nitrogen and oxygen atoms in total. The van der Waals surface area contributed by atoms with Crippen molar-refractivity contribution in [1.29, 1.82) is 0 Å². The van der Waals surface area contributed by atoms with Crippen molar-refractivity contribution in [3.63, 3.8) is 0 Å². The summed E-state index contributed by atoms with van der Waals surface area (Å²) in [4.78, 5) is 21.5. The number of nitrogens with zero attached hydrogens (tertiary/aromatic N) is 3. The van der Waals surface area contributed by atoms with E-state index in [2.05, 4.69) is 20.6 Å². The highest BCUT2D eigenvalue weighted by Gasteiger charge is 2.40. The van der Waals surface area contributed by atoms with Crippen molar-refractivity contribution in [2.45, 2.75) is 50.9 Å². The fraction of sp³-hybridized carbons (Fsp3) is 0.667. The van der Waals surface area contributed by atoms with Gasteiger partial charge in [0.2, 0.25) is 0 Å². The van der Waals surface area contributed by atoms with Crippen LogP contribution in [0.2, 0.25) is 0 Å². The van der Waals surface area contributed by atoms with Gasteiger partial charge in [0.15, 0.2) is 0 Å². The lowest BCUT2D eigenvalue weighted by molar-refractivity contribution is -0.174. The lowest BCUT2D eigenvalue weighted by atomic mass is 9.91. The summed E-state index contributed by atoms with van der Waals surface area (Å²) in [5.74, 6) is 0.279. The Morgan fingerprint density at radius 2 is 1.75 bits per heavy atom. The first-order valence-electron chi connectivity index (χ1n) is 7.82. The van der Waals surface area contributed by atoms with Gasteiger partial charge in [0.25, 0.3) is 0 Å². The maximum absolute atomic E-state index is 12.3. The Labute approximate surface area is 138 Å². The third-order valence-electron chi connectivity index (χ3n) is 3.95. The van der Waals surface area contributed by atoms with Gasteiger partial charge >= 0.3 is 12.1 Å². The minimum atomic E-state index is -4.82. The molecule has 1 aliphatic carbocycles. The van der Waals surface area contributed by atoms with Crippen molar-refractivity contribution in [2.75, 3.05) is 24.3 Å². The number of carbonyl (C=O) groups is 1. The average Bonchev–Trinajstić information content (AvgIpc) is 2.47. The van der Waals surface area contributed by atoms with E-state index in [0.717, 1.165) is 5.82 Å². The number of alkyl halides is 3. The average molecular weight is 345 g/mol. The second-order valence-corrected chi connectivity index (χ2v) is 6.22. The Morgan fingerprint density at radius 1 is 1.17 bits per heavy atom. The van der Waals surface area contributed by atoms with Crippen molar-refractivity contribution in [3.8, 4) is 0 Å². The minimum absolute atomic E-state index is 0.119. The normalized spacial score (nSPS) is 21.2. The maximum Gasteiger partial charge on any atom is 0.471 e. The number of rotatable bonds is 4. The van der Waals surface area contributed by atoms with E-state index in [1.54, 1.807) is 0 Å². The number of hydrogen-bond donors (Lipinski definition) is 2. The molecule has 24 heavy (non-hydrogen) atoms. The van der Waals surface area contributed by atoms with Crippen molar-refractivity contribution in [2.24, 2.45) is 0 Å². The maximum atomic E-state index is 12.3. The SMILES string of the molecule is Cc1nc(NC2CCC(NC(=O)C(F)(F)F)CC2)cc(N(C)C)n1. The van der Waals surface area contributed by atoms with Gasteiger partial charge in [0.05, 0.1) is 0 Å². The van der Waals surface area contributed by atoms with E-state index in [0.29, 0.717) is 37.3 Å². The number of hydrogen-bond acceptors (Lipinski definition) is 5. The van der Waals surface area contributed by atoms with Crippen LogP contribution < -0.4 is 15.5 Å². The Bertz CT molecular complexity index is 583. The number of nitrogens with one attached hydrogen (secondary N) is 2. The molecule has 1 aromatic heterocycles. The first-order chi connectivity index (χ1) is 11.1. The van der Waals surface area contributed by atoms with E-state index in [1.807, 2.05) is 32.0 Å². The predicted octanol–water partition coefficient (Wildman–Crippen LogP) is 2.25. The van der Waals surface area contributed by atoms with Crippen LogP contribution in [0, 0.1) is 6.92 Å². The molecule has 0 radical (unpaired) electrons. The summed E-state index contributed by atoms with van der Waals surface area (Å²) in [5.41, 5.74) is 0.